The first-order valence-corrected chi connectivity index (χ1v) is 48.4. The number of allylic oxidation sites excluding steroid dienone is 9. The molecule has 25 nitrogen and oxygen atoms in total. The molecule has 0 aromatic heterocycles. The summed E-state index contributed by atoms with van der Waals surface area (Å²) in [7, 11) is 0. The zero-order chi connectivity index (χ0) is 100. The summed E-state index contributed by atoms with van der Waals surface area (Å²) in [6.45, 7) is 0. The molecule has 5 heterocycles. The van der Waals surface area contributed by atoms with Gasteiger partial charge >= 0.3 is 0 Å². The van der Waals surface area contributed by atoms with Gasteiger partial charge in [-0.3, -0.25) is 14.6 Å². The highest BCUT2D eigenvalue weighted by molar-refractivity contribution is 8.01. The van der Waals surface area contributed by atoms with Crippen molar-refractivity contribution in [2.45, 2.75) is 79.3 Å². The van der Waals surface area contributed by atoms with Crippen molar-refractivity contribution < 1.29 is 14.3 Å². The molecule has 11 atom stereocenters. The van der Waals surface area contributed by atoms with Crippen LogP contribution in [0.25, 0.3) is 0 Å². The summed E-state index contributed by atoms with van der Waals surface area (Å²) in [5.74, 6) is 2.95. The topological polar surface area (TPSA) is 560 Å². The van der Waals surface area contributed by atoms with Crippen LogP contribution in [-0.4, -0.2) is 46.8 Å². The van der Waals surface area contributed by atoms with Gasteiger partial charge in [0.05, 0.1) is 34.8 Å². The van der Waals surface area contributed by atoms with Crippen LogP contribution >= 0.6 is 11.8 Å². The second kappa shape index (κ2) is 45.0. The van der Waals surface area contributed by atoms with E-state index in [9.17, 15) is 9.59 Å². The summed E-state index contributed by atoms with van der Waals surface area (Å²) in [6.07, 6.45) is 43.3. The summed E-state index contributed by atoms with van der Waals surface area (Å²) in [4.78, 5) is 30.1. The van der Waals surface area contributed by atoms with Crippen LogP contribution in [0.4, 0.5) is 91.0 Å². The normalized spacial score (nSPS) is 20.6. The zero-order valence-electron chi connectivity index (χ0n) is 79.4. The number of Topliss-reactive ketones (excluding diaryl/α,β-unsaturated/α-hetero) is 1. The van der Waals surface area contributed by atoms with E-state index in [2.05, 4.69) is 87.7 Å². The van der Waals surface area contributed by atoms with E-state index in [1.54, 1.807) is 66.4 Å². The number of ether oxygens (including phenoxy) is 1. The molecule has 12 aliphatic rings. The quantitative estimate of drug-likeness (QED) is 0.0543. The van der Waals surface area contributed by atoms with E-state index in [4.69, 9.17) is 108 Å². The van der Waals surface area contributed by atoms with Crippen molar-refractivity contribution in [2.75, 3.05) is 84.8 Å². The molecule has 11 unspecified atom stereocenters. The van der Waals surface area contributed by atoms with E-state index in [-0.39, 0.29) is 34.8 Å². The van der Waals surface area contributed by atoms with Crippen molar-refractivity contribution in [2.24, 2.45) is 74.9 Å². The number of hydrogen-bond acceptors (Lipinski definition) is 26. The number of nitrogens with zero attached hydrogens (tertiary/aromatic N) is 1. The van der Waals surface area contributed by atoms with Crippen molar-refractivity contribution in [3.63, 3.8) is 0 Å². The summed E-state index contributed by atoms with van der Waals surface area (Å²) in [6, 6.07) is 81.7. The van der Waals surface area contributed by atoms with Gasteiger partial charge < -0.3 is 124 Å². The average Bonchev–Trinajstić information content (AvgIpc) is 0.770. The van der Waals surface area contributed by atoms with Crippen molar-refractivity contribution >= 4 is 120 Å². The number of hydrogen-bond donors (Lipinski definition) is 21. The predicted molar refractivity (Wildman–Crippen MR) is 595 cm³/mol. The Kier molecular flexibility index (Phi) is 31.0. The third-order valence-corrected chi connectivity index (χ3v) is 27.3. The Morgan fingerprint density at radius 3 is 1.31 bits per heavy atom. The third kappa shape index (κ3) is 26.3. The van der Waals surface area contributed by atoms with Gasteiger partial charge in [0.1, 0.15) is 11.9 Å². The molecule has 0 amide bonds. The Hall–Kier alpha value is -17.5. The molecule has 39 N–H and O–H groups in total. The van der Waals surface area contributed by atoms with Crippen LogP contribution in [0, 0.1) is 35.5 Å². The van der Waals surface area contributed by atoms with E-state index in [1.807, 2.05) is 243 Å². The standard InChI is InChI=1S/C14H14N2O.3C13H15N3.C13H14N2O.C13H12N2O.2C13H14N2.C12H11N3S/c15-10-3-1-8-5-9-2-4-11(16)7-13(9)14(17)12(8)6-10;14-10-1-3-12-8(6-10)5-9-7-11(15)2-4-13(9)16-12;14-10-3-1-8-5-9-2-4-11(15)7-13(9)16-12(8)6-10;14-10-3-4-12-9(6-10)5-8-1-2-11(15)7-13(8)16-12;14-10-3-1-8-5-9-2-4-11(15)7-13(9)16-12(8)6-10;14-11-5-1-9(2-6-11)13(16)10-3-7-12(15)8-4-10;14-12-5-1-10(2-6-12)9-11-3-7-13(15)8-4-11;14-12-5-1-3-10(8-12)7-11-4-2-6-13(15)9-11;13-7-1-3-9-11(5-7)16-12-6-8(14)2-4-10(12)15-9/h1-4,6-8,12H,5,15-16H2;2*1-4,6-8,12,16H,5,14-15H2;1-4,6-8,13,16H,5,14-15H2;1-4,6-8,12H,5,14-15H2;1-8H,14-15H2;1-8H,9,14-15H2;1-6,8-9H,7,14-15H2;1-6,11H,13-14H2. The second-order valence-electron chi connectivity index (χ2n) is 37.2. The highest BCUT2D eigenvalue weighted by Crippen LogP contribution is 2.43. The number of fused-ring (bicyclic) bond motifs is 12. The first kappa shape index (κ1) is 98.5. The fourth-order valence-corrected chi connectivity index (χ4v) is 19.8. The van der Waals surface area contributed by atoms with Crippen molar-refractivity contribution in [1.29, 1.82) is 0 Å². The lowest BCUT2D eigenvalue weighted by atomic mass is 9.73. The number of rotatable bonds is 6. The van der Waals surface area contributed by atoms with Gasteiger partial charge in [-0.05, 0) is 350 Å². The minimum atomic E-state index is -0.116. The molecule has 12 aromatic rings. The lowest BCUT2D eigenvalue weighted by molar-refractivity contribution is 0.0906. The Bertz CT molecular complexity index is 6780. The van der Waals surface area contributed by atoms with E-state index in [0.29, 0.717) is 75.7 Å². The number of nitrogens with two attached hydrogens (primary N) is 18. The number of nitrogen functional groups attached to an aromatic ring is 12. The summed E-state index contributed by atoms with van der Waals surface area (Å²) >= 11 is 1.74. The Morgan fingerprint density at radius 1 is 0.315 bits per heavy atom. The predicted octanol–water partition coefficient (Wildman–Crippen LogP) is 17.3. The molecule has 24 rings (SSSR count). The monoisotopic (exact) mass is 1920 g/mol. The fourth-order valence-electron chi connectivity index (χ4n) is 18.6. The van der Waals surface area contributed by atoms with E-state index < -0.39 is 0 Å². The maximum Gasteiger partial charge on any atom is 0.193 e. The minimum absolute atomic E-state index is 0.0278. The zero-order valence-corrected chi connectivity index (χ0v) is 80.2. The number of ketones is 2. The molecule has 0 saturated carbocycles. The van der Waals surface area contributed by atoms with E-state index in [1.165, 1.54) is 55.9 Å². The molecule has 26 heteroatoms. The lowest BCUT2D eigenvalue weighted by Crippen LogP contribution is -2.34. The molecule has 7 aliphatic carbocycles. The average molecular weight is 1920 g/mol. The number of carbonyl (C=O) groups excluding carboxylic acids is 2. The van der Waals surface area contributed by atoms with Crippen molar-refractivity contribution in [3.8, 4) is 5.75 Å². The number of benzene rings is 12. The molecule has 143 heavy (non-hydrogen) atoms. The number of aliphatic imine (C=N–C) groups is 1. The van der Waals surface area contributed by atoms with Crippen LogP contribution in [0.5, 0.6) is 5.75 Å². The van der Waals surface area contributed by atoms with Gasteiger partial charge in [-0.2, -0.15) is 0 Å². The summed E-state index contributed by atoms with van der Waals surface area (Å²) < 4.78 is 5.90. The SMILES string of the molecule is NC1=CC2C(=O)c3cc(N)ccc3CC2C=C1.NC1=CC2Cc3cc(N)ccc3NC2C=C1.NC1=CC2Nc3cc(N)ccc3CC2C=C1.NC1=CC2Nc3ccc(N)cc3CC2C=C1.NC1=CC2Oc3cc(N)ccc3CC2C=C1.NC1=CC2Sc3cc(N)ccc3N=C2C=C1.Nc1ccc(C(=O)c2ccc(N)cc2)cc1.Nc1ccc(Cc2ccc(N)cc2)cc1.Nc1cccc(Cc2cccc(N)c2)c1. The van der Waals surface area contributed by atoms with Gasteiger partial charge in [0.15, 0.2) is 11.6 Å². The highest BCUT2D eigenvalue weighted by Gasteiger charge is 2.36. The maximum absolute atomic E-state index is 12.4. The third-order valence-electron chi connectivity index (χ3n) is 26.1. The largest absolute Gasteiger partial charge is 0.485 e. The van der Waals surface area contributed by atoms with Crippen LogP contribution < -0.4 is 124 Å². The van der Waals surface area contributed by atoms with E-state index in [0.717, 1.165) is 163 Å². The number of anilines is 15. The fraction of sp³-hybridized carbons (Fsp3) is 0.154. The van der Waals surface area contributed by atoms with Gasteiger partial charge in [0.25, 0.3) is 0 Å². The smallest absolute Gasteiger partial charge is 0.193 e. The minimum Gasteiger partial charge on any atom is -0.485 e. The molecule has 12 aromatic carbocycles. The molecular weight excluding hydrogens is 1790 g/mol. The van der Waals surface area contributed by atoms with Crippen LogP contribution in [0.2, 0.25) is 0 Å². The van der Waals surface area contributed by atoms with Crippen LogP contribution in [0.1, 0.15) is 76.4 Å². The molecule has 0 radical (unpaired) electrons. The van der Waals surface area contributed by atoms with Gasteiger partial charge in [-0.25, -0.2) is 0 Å². The number of carbonyl (C=O) groups is 2. The Balaban J connectivity index is 0.000000116. The van der Waals surface area contributed by atoms with Gasteiger partial charge in [0, 0.05) is 177 Å². The van der Waals surface area contributed by atoms with Crippen molar-refractivity contribution in [3.05, 3.63) is 465 Å². The van der Waals surface area contributed by atoms with Gasteiger partial charge in [-0.15, -0.1) is 11.8 Å². The number of thioether (sulfide) groups is 1. The van der Waals surface area contributed by atoms with Crippen LogP contribution in [0.3, 0.4) is 0 Å². The van der Waals surface area contributed by atoms with Crippen LogP contribution in [0.15, 0.2) is 408 Å². The summed E-state index contributed by atoms with van der Waals surface area (Å²) in [5, 5.41) is 10.7. The molecular formula is C117H124N22O3S. The number of nitrogens with one attached hydrogen (secondary N) is 3. The molecule has 0 spiro atoms. The Labute approximate surface area is 838 Å². The van der Waals surface area contributed by atoms with Crippen molar-refractivity contribution in [1.82, 2.24) is 0 Å². The molecule has 726 valence electrons. The molecule has 5 aliphatic heterocycles. The Morgan fingerprint density at radius 2 is 0.727 bits per heavy atom. The second-order valence-corrected chi connectivity index (χ2v) is 38.4. The molecule has 0 bridgehead atoms. The van der Waals surface area contributed by atoms with Gasteiger partial charge in [-0.1, -0.05) is 109 Å². The van der Waals surface area contributed by atoms with Gasteiger partial charge in [0.2, 0.25) is 0 Å². The maximum atomic E-state index is 12.4. The first-order valence-electron chi connectivity index (χ1n) is 47.5. The first-order chi connectivity index (χ1) is 68.9. The summed E-state index contributed by atoms with van der Waals surface area (Å²) in [5.41, 5.74) is 136. The highest BCUT2D eigenvalue weighted by atomic mass is 32.2. The lowest BCUT2D eigenvalue weighted by Gasteiger charge is -2.33. The van der Waals surface area contributed by atoms with E-state index >= 15 is 0 Å². The molecule has 0 saturated heterocycles. The molecule has 0 fully saturated rings. The van der Waals surface area contributed by atoms with Crippen LogP contribution in [-0.2, 0) is 44.9 Å².